The van der Waals surface area contributed by atoms with Gasteiger partial charge in [0.05, 0.1) is 11.6 Å². The number of aliphatic hydroxyl groups excluding tert-OH is 1. The highest BCUT2D eigenvalue weighted by atomic mass is 79.9. The first-order valence-corrected chi connectivity index (χ1v) is 10.7. The first kappa shape index (κ1) is 18.8. The number of piperidine rings is 1. The van der Waals surface area contributed by atoms with E-state index in [0.29, 0.717) is 25.2 Å². The van der Waals surface area contributed by atoms with Gasteiger partial charge in [-0.1, -0.05) is 24.3 Å². The second kappa shape index (κ2) is 6.93. The summed E-state index contributed by atoms with van der Waals surface area (Å²) in [5, 5.41) is 14.6. The second-order valence-electron chi connectivity index (χ2n) is 8.17. The van der Waals surface area contributed by atoms with Crippen LogP contribution in [0.4, 0.5) is 0 Å². The number of fused-ring (bicyclic) bond motifs is 2. The summed E-state index contributed by atoms with van der Waals surface area (Å²) in [5.74, 6) is -0.130. The van der Waals surface area contributed by atoms with Crippen molar-refractivity contribution in [1.82, 2.24) is 19.6 Å². The first-order chi connectivity index (χ1) is 13.9. The van der Waals surface area contributed by atoms with Crippen LogP contribution in [0.25, 0.3) is 5.65 Å². The second-order valence-corrected chi connectivity index (χ2v) is 9.09. The third-order valence-corrected chi connectivity index (χ3v) is 6.76. The molecular formula is C22H23BrN4O2. The van der Waals surface area contributed by atoms with Crippen LogP contribution in [-0.2, 0) is 13.0 Å². The number of pyridine rings is 1. The number of carbonyl (C=O) groups is 1. The van der Waals surface area contributed by atoms with Crippen molar-refractivity contribution in [2.75, 3.05) is 13.1 Å². The molecule has 1 fully saturated rings. The number of aliphatic hydroxyl groups is 1. The molecule has 29 heavy (non-hydrogen) atoms. The van der Waals surface area contributed by atoms with Crippen LogP contribution < -0.4 is 5.32 Å². The van der Waals surface area contributed by atoms with Crippen molar-refractivity contribution in [1.29, 1.82) is 0 Å². The number of aromatic nitrogens is 2. The number of amides is 1. The number of imidazole rings is 1. The minimum Gasteiger partial charge on any atom is -0.389 e. The normalized spacial score (nSPS) is 24.1. The molecule has 0 unspecified atom stereocenters. The van der Waals surface area contributed by atoms with Crippen molar-refractivity contribution in [3.05, 3.63) is 69.6 Å². The maximum absolute atomic E-state index is 13.1. The first-order valence-electron chi connectivity index (χ1n) is 9.89. The molecular weight excluding hydrogens is 432 g/mol. The molecule has 0 aliphatic carbocycles. The molecule has 1 aromatic carbocycles. The van der Waals surface area contributed by atoms with E-state index in [-0.39, 0.29) is 11.4 Å². The van der Waals surface area contributed by atoms with E-state index in [2.05, 4.69) is 38.4 Å². The maximum Gasteiger partial charge on any atom is 0.274 e. The number of benzene rings is 1. The lowest BCUT2D eigenvalue weighted by Crippen LogP contribution is -2.65. The molecule has 2 atom stereocenters. The minimum absolute atomic E-state index is 0.130. The Bertz CT molecular complexity index is 1110. The molecule has 7 heteroatoms. The molecule has 6 nitrogen and oxygen atoms in total. The zero-order valence-electron chi connectivity index (χ0n) is 16.2. The number of carbonyl (C=O) groups excluding carboxylic acids is 1. The Labute approximate surface area is 177 Å². The fraction of sp³-hybridized carbons (Fsp3) is 0.364. The van der Waals surface area contributed by atoms with Crippen LogP contribution in [0.5, 0.6) is 0 Å². The Balaban J connectivity index is 1.36. The van der Waals surface area contributed by atoms with E-state index in [9.17, 15) is 9.90 Å². The van der Waals surface area contributed by atoms with Gasteiger partial charge in [-0.3, -0.25) is 4.79 Å². The molecule has 1 saturated heterocycles. The Morgan fingerprint density at radius 3 is 2.90 bits per heavy atom. The molecule has 1 amide bonds. The number of β-amino-alcohol motifs (C(OH)–C–C–N with tert-alkyl or cyclic N) is 1. The van der Waals surface area contributed by atoms with E-state index >= 15 is 0 Å². The average Bonchev–Trinajstić information content (AvgIpc) is 3.14. The van der Waals surface area contributed by atoms with E-state index in [1.165, 1.54) is 11.1 Å². The van der Waals surface area contributed by atoms with Gasteiger partial charge in [-0.05, 0) is 58.5 Å². The molecule has 3 aromatic rings. The molecule has 2 aliphatic rings. The Kier molecular flexibility index (Phi) is 4.49. The lowest BCUT2D eigenvalue weighted by atomic mass is 9.76. The fourth-order valence-corrected chi connectivity index (χ4v) is 5.20. The zero-order chi connectivity index (χ0) is 20.2. The van der Waals surface area contributed by atoms with E-state index in [1.54, 1.807) is 11.1 Å². The Morgan fingerprint density at radius 1 is 1.31 bits per heavy atom. The highest BCUT2D eigenvalue weighted by Crippen LogP contribution is 2.32. The van der Waals surface area contributed by atoms with Gasteiger partial charge in [0.1, 0.15) is 11.3 Å². The van der Waals surface area contributed by atoms with Crippen LogP contribution >= 0.6 is 15.9 Å². The van der Waals surface area contributed by atoms with E-state index in [4.69, 9.17) is 0 Å². The van der Waals surface area contributed by atoms with Crippen LogP contribution in [0, 0.1) is 6.92 Å². The van der Waals surface area contributed by atoms with Crippen molar-refractivity contribution < 1.29 is 9.90 Å². The van der Waals surface area contributed by atoms with Gasteiger partial charge in [0, 0.05) is 36.5 Å². The number of nitrogens with one attached hydrogen (secondary N) is 1. The molecule has 0 radical (unpaired) electrons. The SMILES string of the molecule is Cc1cc(Br)cn2cc(C(=O)N3CC[C@]4(Cc5ccccc5CN4)[C@H](O)C3)nc12. The van der Waals surface area contributed by atoms with Crippen LogP contribution in [0.1, 0.15) is 33.6 Å². The highest BCUT2D eigenvalue weighted by molar-refractivity contribution is 9.10. The topological polar surface area (TPSA) is 69.9 Å². The summed E-state index contributed by atoms with van der Waals surface area (Å²) < 4.78 is 2.81. The van der Waals surface area contributed by atoms with Gasteiger partial charge in [-0.15, -0.1) is 0 Å². The summed E-state index contributed by atoms with van der Waals surface area (Å²) in [6.45, 7) is 3.64. The molecule has 0 bridgehead atoms. The highest BCUT2D eigenvalue weighted by Gasteiger charge is 2.45. The quantitative estimate of drug-likeness (QED) is 0.592. The standard InChI is InChI=1S/C22H23BrN4O2/c1-14-8-17(23)11-27-12-18(25-20(14)27)21(29)26-7-6-22(19(28)13-26)9-15-4-2-3-5-16(15)10-24-22/h2-5,8,11-12,19,24,28H,6-7,9-10,13H2,1H3/t19-,22+/m1/s1. The minimum atomic E-state index is -0.624. The number of aryl methyl sites for hydroxylation is 1. The number of rotatable bonds is 1. The van der Waals surface area contributed by atoms with Crippen LogP contribution in [0.15, 0.2) is 47.2 Å². The maximum atomic E-state index is 13.1. The average molecular weight is 455 g/mol. The molecule has 2 N–H and O–H groups in total. The number of hydrogen-bond acceptors (Lipinski definition) is 4. The van der Waals surface area contributed by atoms with Gasteiger partial charge < -0.3 is 19.7 Å². The van der Waals surface area contributed by atoms with Gasteiger partial charge in [-0.2, -0.15) is 0 Å². The largest absolute Gasteiger partial charge is 0.389 e. The number of likely N-dealkylation sites (tertiary alicyclic amines) is 1. The smallest absolute Gasteiger partial charge is 0.274 e. The lowest BCUT2D eigenvalue weighted by Gasteiger charge is -2.48. The van der Waals surface area contributed by atoms with Gasteiger partial charge >= 0.3 is 0 Å². The van der Waals surface area contributed by atoms with Crippen LogP contribution in [-0.4, -0.2) is 50.0 Å². The molecule has 4 heterocycles. The molecule has 150 valence electrons. The summed E-state index contributed by atoms with van der Waals surface area (Å²) in [7, 11) is 0. The Morgan fingerprint density at radius 2 is 2.10 bits per heavy atom. The third-order valence-electron chi connectivity index (χ3n) is 6.32. The molecule has 2 aromatic heterocycles. The fourth-order valence-electron chi connectivity index (χ4n) is 4.64. The van der Waals surface area contributed by atoms with Crippen molar-refractivity contribution in [3.8, 4) is 0 Å². The number of hydrogen-bond donors (Lipinski definition) is 2. The lowest BCUT2D eigenvalue weighted by molar-refractivity contribution is -0.0140. The third kappa shape index (κ3) is 3.17. The summed E-state index contributed by atoms with van der Waals surface area (Å²) >= 11 is 3.48. The molecule has 2 aliphatic heterocycles. The van der Waals surface area contributed by atoms with E-state index in [0.717, 1.165) is 28.6 Å². The van der Waals surface area contributed by atoms with Crippen LogP contribution in [0.2, 0.25) is 0 Å². The van der Waals surface area contributed by atoms with Gasteiger partial charge in [0.25, 0.3) is 5.91 Å². The summed E-state index contributed by atoms with van der Waals surface area (Å²) in [5.41, 5.74) is 4.39. The predicted octanol–water partition coefficient (Wildman–Crippen LogP) is 2.70. The van der Waals surface area contributed by atoms with E-state index < -0.39 is 6.10 Å². The Hall–Kier alpha value is -2.22. The van der Waals surface area contributed by atoms with Crippen LogP contribution in [0.3, 0.4) is 0 Å². The molecule has 0 saturated carbocycles. The number of nitrogens with zero attached hydrogens (tertiary/aromatic N) is 3. The number of halogens is 1. The van der Waals surface area contributed by atoms with Gasteiger partial charge in [0.15, 0.2) is 0 Å². The summed E-state index contributed by atoms with van der Waals surface area (Å²) in [4.78, 5) is 19.4. The summed E-state index contributed by atoms with van der Waals surface area (Å²) in [6, 6.07) is 10.3. The van der Waals surface area contributed by atoms with Crippen molar-refractivity contribution in [3.63, 3.8) is 0 Å². The summed E-state index contributed by atoms with van der Waals surface area (Å²) in [6.07, 6.45) is 4.54. The predicted molar refractivity (Wildman–Crippen MR) is 114 cm³/mol. The van der Waals surface area contributed by atoms with Crippen molar-refractivity contribution >= 4 is 27.5 Å². The van der Waals surface area contributed by atoms with Crippen molar-refractivity contribution in [2.45, 2.75) is 38.0 Å². The van der Waals surface area contributed by atoms with E-state index in [1.807, 2.05) is 35.7 Å². The van der Waals surface area contributed by atoms with Gasteiger partial charge in [-0.25, -0.2) is 4.98 Å². The zero-order valence-corrected chi connectivity index (χ0v) is 17.8. The molecule has 5 rings (SSSR count). The monoisotopic (exact) mass is 454 g/mol. The molecule has 1 spiro atoms. The van der Waals surface area contributed by atoms with Gasteiger partial charge in [0.2, 0.25) is 0 Å². The van der Waals surface area contributed by atoms with Crippen molar-refractivity contribution in [2.24, 2.45) is 0 Å².